The number of hydrogen-bond donors (Lipinski definition) is 2. The van der Waals surface area contributed by atoms with E-state index in [0.29, 0.717) is 38.1 Å². The molecule has 3 aliphatic rings. The van der Waals surface area contributed by atoms with Gasteiger partial charge in [0.05, 0.1) is 13.2 Å². The summed E-state index contributed by atoms with van der Waals surface area (Å²) in [6, 6.07) is -0.114. The molecule has 1 unspecified atom stereocenters. The summed E-state index contributed by atoms with van der Waals surface area (Å²) in [6.07, 6.45) is 2.65. The van der Waals surface area contributed by atoms with Crippen LogP contribution in [0.2, 0.25) is 0 Å². The lowest BCUT2D eigenvalue weighted by atomic mass is 9.98. The third kappa shape index (κ3) is 3.06. The van der Waals surface area contributed by atoms with Crippen molar-refractivity contribution in [3.05, 3.63) is 0 Å². The van der Waals surface area contributed by atoms with Crippen LogP contribution in [0.5, 0.6) is 0 Å². The van der Waals surface area contributed by atoms with Crippen molar-refractivity contribution in [3.8, 4) is 0 Å². The Balaban J connectivity index is 1.58. The van der Waals surface area contributed by atoms with Gasteiger partial charge in [0.15, 0.2) is 0 Å². The predicted octanol–water partition coefficient (Wildman–Crippen LogP) is -0.898. The Morgan fingerprint density at radius 1 is 1.32 bits per heavy atom. The van der Waals surface area contributed by atoms with Crippen molar-refractivity contribution >= 4 is 11.8 Å². The van der Waals surface area contributed by atoms with Gasteiger partial charge in [-0.05, 0) is 31.8 Å². The largest absolute Gasteiger partial charge is 0.377 e. The van der Waals surface area contributed by atoms with Crippen molar-refractivity contribution in [1.82, 2.24) is 15.5 Å². The molecular weight excluding hydrogens is 246 g/mol. The molecule has 0 aromatic rings. The van der Waals surface area contributed by atoms with Gasteiger partial charge in [-0.15, -0.1) is 0 Å². The number of nitrogens with zero attached hydrogens (tertiary/aromatic N) is 1. The zero-order chi connectivity index (χ0) is 13.2. The Morgan fingerprint density at radius 2 is 2.11 bits per heavy atom. The molecule has 0 radical (unpaired) electrons. The summed E-state index contributed by atoms with van der Waals surface area (Å²) in [5, 5.41) is 6.13. The number of carbonyl (C=O) groups excluding carboxylic acids is 2. The number of carbonyl (C=O) groups is 2. The highest BCUT2D eigenvalue weighted by molar-refractivity contribution is 5.88. The molecule has 1 atom stereocenters. The highest BCUT2D eigenvalue weighted by Crippen LogP contribution is 2.20. The molecule has 6 heteroatoms. The summed E-state index contributed by atoms with van der Waals surface area (Å²) in [4.78, 5) is 26.1. The number of amides is 2. The van der Waals surface area contributed by atoms with Crippen LogP contribution in [0.15, 0.2) is 0 Å². The van der Waals surface area contributed by atoms with E-state index in [4.69, 9.17) is 4.74 Å². The Kier molecular flexibility index (Phi) is 3.70. The van der Waals surface area contributed by atoms with E-state index >= 15 is 0 Å². The average Bonchev–Trinajstić information content (AvgIpc) is 3.17. The molecule has 0 bridgehead atoms. The van der Waals surface area contributed by atoms with Crippen molar-refractivity contribution in [2.24, 2.45) is 5.92 Å². The Hall–Kier alpha value is -1.14. The second kappa shape index (κ2) is 5.46. The van der Waals surface area contributed by atoms with Gasteiger partial charge in [-0.1, -0.05) is 0 Å². The van der Waals surface area contributed by atoms with Crippen LogP contribution in [0, 0.1) is 5.92 Å². The van der Waals surface area contributed by atoms with Gasteiger partial charge < -0.3 is 20.3 Å². The number of morpholine rings is 1. The molecule has 2 N–H and O–H groups in total. The van der Waals surface area contributed by atoms with E-state index in [1.54, 1.807) is 4.90 Å². The lowest BCUT2D eigenvalue weighted by molar-refractivity contribution is -0.149. The van der Waals surface area contributed by atoms with Crippen LogP contribution in [-0.2, 0) is 14.3 Å². The molecule has 106 valence electrons. The van der Waals surface area contributed by atoms with E-state index in [1.165, 1.54) is 0 Å². The van der Waals surface area contributed by atoms with Crippen LogP contribution in [0.25, 0.3) is 0 Å². The van der Waals surface area contributed by atoms with Gasteiger partial charge in [-0.2, -0.15) is 0 Å². The fraction of sp³-hybridized carbons (Fsp3) is 0.846. The normalized spacial score (nSPS) is 27.8. The molecule has 3 fully saturated rings. The van der Waals surface area contributed by atoms with Crippen molar-refractivity contribution in [2.75, 3.05) is 32.8 Å². The lowest BCUT2D eigenvalue weighted by Crippen LogP contribution is -2.57. The number of nitrogens with one attached hydrogen (secondary N) is 2. The van der Waals surface area contributed by atoms with E-state index in [0.717, 1.165) is 25.9 Å². The van der Waals surface area contributed by atoms with Crippen molar-refractivity contribution in [3.63, 3.8) is 0 Å². The maximum atomic E-state index is 12.3. The molecule has 1 aliphatic carbocycles. The van der Waals surface area contributed by atoms with Crippen LogP contribution in [0.1, 0.15) is 19.3 Å². The quantitative estimate of drug-likeness (QED) is 0.693. The molecule has 0 aromatic carbocycles. The van der Waals surface area contributed by atoms with Gasteiger partial charge in [-0.25, -0.2) is 0 Å². The second-order valence-electron chi connectivity index (χ2n) is 5.69. The maximum absolute atomic E-state index is 12.3. The van der Waals surface area contributed by atoms with E-state index in [1.807, 2.05) is 0 Å². The molecule has 0 aromatic heterocycles. The Morgan fingerprint density at radius 3 is 2.74 bits per heavy atom. The van der Waals surface area contributed by atoms with Gasteiger partial charge in [0, 0.05) is 19.0 Å². The molecule has 3 rings (SSSR count). The number of hydrogen-bond acceptors (Lipinski definition) is 4. The van der Waals surface area contributed by atoms with Crippen LogP contribution in [-0.4, -0.2) is 61.6 Å². The molecule has 6 nitrogen and oxygen atoms in total. The fourth-order valence-corrected chi connectivity index (χ4v) is 2.50. The standard InChI is InChI=1S/C13H21N3O3/c17-12(5-9-6-14-7-9)16-3-4-19-8-11(16)13(18)15-10-1-2-10/h9-11,14H,1-8H2,(H,15,18). The number of rotatable bonds is 4. The van der Waals surface area contributed by atoms with Crippen LogP contribution < -0.4 is 10.6 Å². The minimum atomic E-state index is -0.435. The van der Waals surface area contributed by atoms with Crippen LogP contribution >= 0.6 is 0 Å². The molecular formula is C13H21N3O3. The molecule has 2 amide bonds. The van der Waals surface area contributed by atoms with E-state index in [2.05, 4.69) is 10.6 Å². The molecule has 1 saturated carbocycles. The minimum Gasteiger partial charge on any atom is -0.377 e. The number of ether oxygens (including phenoxy) is 1. The van der Waals surface area contributed by atoms with Crippen molar-refractivity contribution in [1.29, 1.82) is 0 Å². The molecule has 0 spiro atoms. The molecule has 2 heterocycles. The van der Waals surface area contributed by atoms with E-state index < -0.39 is 6.04 Å². The summed E-state index contributed by atoms with van der Waals surface area (Å²) >= 11 is 0. The van der Waals surface area contributed by atoms with Gasteiger partial charge >= 0.3 is 0 Å². The van der Waals surface area contributed by atoms with Crippen LogP contribution in [0.3, 0.4) is 0 Å². The summed E-state index contributed by atoms with van der Waals surface area (Å²) in [5.74, 6) is 0.468. The topological polar surface area (TPSA) is 70.7 Å². The molecule has 2 aliphatic heterocycles. The highest BCUT2D eigenvalue weighted by atomic mass is 16.5. The first-order chi connectivity index (χ1) is 9.24. The van der Waals surface area contributed by atoms with Crippen molar-refractivity contribution in [2.45, 2.75) is 31.3 Å². The first kappa shape index (κ1) is 12.9. The first-order valence-electron chi connectivity index (χ1n) is 7.12. The smallest absolute Gasteiger partial charge is 0.245 e. The summed E-state index contributed by atoms with van der Waals surface area (Å²) < 4.78 is 5.36. The second-order valence-corrected chi connectivity index (χ2v) is 5.69. The molecule has 19 heavy (non-hydrogen) atoms. The van der Waals surface area contributed by atoms with Gasteiger partial charge in [0.2, 0.25) is 11.8 Å². The Labute approximate surface area is 112 Å². The van der Waals surface area contributed by atoms with Gasteiger partial charge in [0.25, 0.3) is 0 Å². The van der Waals surface area contributed by atoms with E-state index in [-0.39, 0.29) is 11.8 Å². The molecule has 2 saturated heterocycles. The zero-order valence-corrected chi connectivity index (χ0v) is 11.1. The third-order valence-electron chi connectivity index (χ3n) is 4.00. The maximum Gasteiger partial charge on any atom is 0.245 e. The van der Waals surface area contributed by atoms with Crippen LogP contribution in [0.4, 0.5) is 0 Å². The zero-order valence-electron chi connectivity index (χ0n) is 11.1. The third-order valence-corrected chi connectivity index (χ3v) is 4.00. The Bertz CT molecular complexity index is 366. The lowest BCUT2D eigenvalue weighted by Gasteiger charge is -2.36. The average molecular weight is 267 g/mol. The monoisotopic (exact) mass is 267 g/mol. The van der Waals surface area contributed by atoms with Crippen molar-refractivity contribution < 1.29 is 14.3 Å². The first-order valence-corrected chi connectivity index (χ1v) is 7.12. The minimum absolute atomic E-state index is 0.0534. The SMILES string of the molecule is O=C(NC1CC1)C1COCCN1C(=O)CC1CNC1. The summed E-state index contributed by atoms with van der Waals surface area (Å²) in [6.45, 7) is 3.21. The predicted molar refractivity (Wildman–Crippen MR) is 68.5 cm³/mol. The van der Waals surface area contributed by atoms with Gasteiger partial charge in [0.1, 0.15) is 6.04 Å². The fourth-order valence-electron chi connectivity index (χ4n) is 2.50. The highest BCUT2D eigenvalue weighted by Gasteiger charge is 2.36. The summed E-state index contributed by atoms with van der Waals surface area (Å²) in [7, 11) is 0. The van der Waals surface area contributed by atoms with Gasteiger partial charge in [-0.3, -0.25) is 9.59 Å². The summed E-state index contributed by atoms with van der Waals surface area (Å²) in [5.41, 5.74) is 0. The van der Waals surface area contributed by atoms with E-state index in [9.17, 15) is 9.59 Å².